The molecule has 0 heterocycles. The van der Waals surface area contributed by atoms with Gasteiger partial charge in [0.1, 0.15) is 5.75 Å². The Labute approximate surface area is 136 Å². The molecule has 3 aromatic carbocycles. The minimum absolute atomic E-state index is 0.0974. The molecule has 2 heteroatoms. The molecule has 3 aromatic rings. The normalized spacial score (nSPS) is 11.8. The summed E-state index contributed by atoms with van der Waals surface area (Å²) < 4.78 is 0. The number of benzene rings is 3. The van der Waals surface area contributed by atoms with Gasteiger partial charge in [-0.1, -0.05) is 72.8 Å². The Hall–Kier alpha value is -2.87. The number of hydrogen-bond donors (Lipinski definition) is 1. The molecule has 23 heavy (non-hydrogen) atoms. The lowest BCUT2D eigenvalue weighted by molar-refractivity contribution is 0.0959. The van der Waals surface area contributed by atoms with Crippen LogP contribution in [-0.2, 0) is 6.42 Å². The first kappa shape index (κ1) is 15.0. The lowest BCUT2D eigenvalue weighted by Crippen LogP contribution is -2.15. The fraction of sp³-hybridized carbons (Fsp3) is 0.0952. The van der Waals surface area contributed by atoms with Crippen molar-refractivity contribution in [1.29, 1.82) is 0 Å². The van der Waals surface area contributed by atoms with E-state index in [1.807, 2.05) is 72.8 Å². The van der Waals surface area contributed by atoms with E-state index in [2.05, 4.69) is 0 Å². The molecule has 0 aromatic heterocycles. The molecule has 114 valence electrons. The molecule has 1 unspecified atom stereocenters. The number of phenolic OH excluding ortho intramolecular Hbond substituents is 1. The Morgan fingerprint density at radius 2 is 1.35 bits per heavy atom. The number of Topliss-reactive ketones (excluding diaryl/α,β-unsaturated/α-hetero) is 1. The van der Waals surface area contributed by atoms with E-state index in [-0.39, 0.29) is 17.5 Å². The van der Waals surface area contributed by atoms with Crippen molar-refractivity contribution in [1.82, 2.24) is 0 Å². The maximum absolute atomic E-state index is 13.0. The van der Waals surface area contributed by atoms with Crippen LogP contribution in [0, 0.1) is 0 Å². The second kappa shape index (κ2) is 6.93. The van der Waals surface area contributed by atoms with E-state index < -0.39 is 0 Å². The van der Waals surface area contributed by atoms with Crippen molar-refractivity contribution >= 4 is 5.78 Å². The number of rotatable bonds is 5. The van der Waals surface area contributed by atoms with E-state index in [1.165, 1.54) is 0 Å². The van der Waals surface area contributed by atoms with Gasteiger partial charge in [-0.25, -0.2) is 0 Å². The van der Waals surface area contributed by atoms with Gasteiger partial charge in [0.2, 0.25) is 0 Å². The second-order valence-corrected chi connectivity index (χ2v) is 5.56. The predicted octanol–water partition coefficient (Wildman–Crippen LogP) is 4.60. The number of aromatic hydroxyl groups is 1. The molecule has 1 N–H and O–H groups in total. The summed E-state index contributed by atoms with van der Waals surface area (Å²) in [6.45, 7) is 0. The van der Waals surface area contributed by atoms with Crippen LogP contribution in [0.2, 0.25) is 0 Å². The van der Waals surface area contributed by atoms with Gasteiger partial charge in [-0.15, -0.1) is 0 Å². The van der Waals surface area contributed by atoms with Gasteiger partial charge >= 0.3 is 0 Å². The van der Waals surface area contributed by atoms with Crippen LogP contribution < -0.4 is 0 Å². The quantitative estimate of drug-likeness (QED) is 0.699. The Bertz CT molecular complexity index is 762. The van der Waals surface area contributed by atoms with E-state index in [0.717, 1.165) is 11.1 Å². The molecule has 0 fully saturated rings. The first-order valence-corrected chi connectivity index (χ1v) is 7.66. The van der Waals surface area contributed by atoms with Gasteiger partial charge in [0.05, 0.1) is 5.92 Å². The Balaban J connectivity index is 1.96. The largest absolute Gasteiger partial charge is 0.508 e. The minimum atomic E-state index is -0.264. The van der Waals surface area contributed by atoms with Crippen LogP contribution in [0.3, 0.4) is 0 Å². The predicted molar refractivity (Wildman–Crippen MR) is 91.8 cm³/mol. The Kier molecular flexibility index (Phi) is 4.53. The second-order valence-electron chi connectivity index (χ2n) is 5.56. The molecule has 0 saturated carbocycles. The highest BCUT2D eigenvalue weighted by Crippen LogP contribution is 2.26. The topological polar surface area (TPSA) is 37.3 Å². The maximum Gasteiger partial charge on any atom is 0.170 e. The molecule has 0 saturated heterocycles. The molecular formula is C21H18O2. The minimum Gasteiger partial charge on any atom is -0.508 e. The summed E-state index contributed by atoms with van der Waals surface area (Å²) >= 11 is 0. The summed E-state index contributed by atoms with van der Waals surface area (Å²) in [5.41, 5.74) is 2.75. The zero-order chi connectivity index (χ0) is 16.1. The zero-order valence-corrected chi connectivity index (χ0v) is 12.7. The summed E-state index contributed by atoms with van der Waals surface area (Å²) in [6.07, 6.45) is 0.638. The van der Waals surface area contributed by atoms with Crippen molar-refractivity contribution in [3.63, 3.8) is 0 Å². The summed E-state index contributed by atoms with van der Waals surface area (Å²) in [4.78, 5) is 13.0. The van der Waals surface area contributed by atoms with E-state index in [0.29, 0.717) is 12.0 Å². The monoisotopic (exact) mass is 302 g/mol. The fourth-order valence-electron chi connectivity index (χ4n) is 2.72. The summed E-state index contributed by atoms with van der Waals surface area (Å²) in [7, 11) is 0. The van der Waals surface area contributed by atoms with Crippen LogP contribution in [0.1, 0.15) is 27.4 Å². The molecule has 2 nitrogen and oxygen atoms in total. The molecular weight excluding hydrogens is 284 g/mol. The molecule has 3 rings (SSSR count). The van der Waals surface area contributed by atoms with Crippen LogP contribution in [0.5, 0.6) is 5.75 Å². The summed E-state index contributed by atoms with van der Waals surface area (Å²) in [6, 6.07) is 26.3. The van der Waals surface area contributed by atoms with Crippen molar-refractivity contribution in [2.24, 2.45) is 0 Å². The number of phenols is 1. The van der Waals surface area contributed by atoms with Crippen LogP contribution in [0.4, 0.5) is 0 Å². The van der Waals surface area contributed by atoms with Crippen molar-refractivity contribution in [3.05, 3.63) is 102 Å². The van der Waals surface area contributed by atoms with Gasteiger partial charge < -0.3 is 5.11 Å². The third-order valence-electron chi connectivity index (χ3n) is 3.95. The van der Waals surface area contributed by atoms with Gasteiger partial charge in [-0.3, -0.25) is 4.79 Å². The molecule has 1 atom stereocenters. The number of carbonyl (C=O) groups excluding carboxylic acids is 1. The average molecular weight is 302 g/mol. The highest BCUT2D eigenvalue weighted by atomic mass is 16.3. The third kappa shape index (κ3) is 3.67. The highest BCUT2D eigenvalue weighted by Gasteiger charge is 2.22. The van der Waals surface area contributed by atoms with E-state index >= 15 is 0 Å². The van der Waals surface area contributed by atoms with Gasteiger partial charge in [0.25, 0.3) is 0 Å². The van der Waals surface area contributed by atoms with Gasteiger partial charge in [0, 0.05) is 5.56 Å². The molecule has 0 amide bonds. The van der Waals surface area contributed by atoms with Crippen LogP contribution in [-0.4, -0.2) is 10.9 Å². The highest BCUT2D eigenvalue weighted by molar-refractivity contribution is 6.01. The molecule has 0 spiro atoms. The fourth-order valence-corrected chi connectivity index (χ4v) is 2.72. The van der Waals surface area contributed by atoms with Gasteiger partial charge in [-0.2, -0.15) is 0 Å². The Morgan fingerprint density at radius 3 is 1.96 bits per heavy atom. The van der Waals surface area contributed by atoms with Crippen LogP contribution in [0.15, 0.2) is 84.9 Å². The van der Waals surface area contributed by atoms with Crippen molar-refractivity contribution in [2.75, 3.05) is 0 Å². The molecule has 0 aliphatic heterocycles. The molecule has 0 radical (unpaired) electrons. The summed E-state index contributed by atoms with van der Waals surface area (Å²) in [5, 5.41) is 9.50. The zero-order valence-electron chi connectivity index (χ0n) is 12.7. The first-order chi connectivity index (χ1) is 11.2. The number of carbonyl (C=O) groups is 1. The average Bonchev–Trinajstić information content (AvgIpc) is 2.62. The van der Waals surface area contributed by atoms with Crippen molar-refractivity contribution in [3.8, 4) is 5.75 Å². The molecule has 0 aliphatic carbocycles. The SMILES string of the molecule is O=C(c1ccccc1)C(Cc1ccccc1)c1ccc(O)cc1. The maximum atomic E-state index is 13.0. The van der Waals surface area contributed by atoms with Crippen molar-refractivity contribution < 1.29 is 9.90 Å². The first-order valence-electron chi connectivity index (χ1n) is 7.66. The van der Waals surface area contributed by atoms with E-state index in [9.17, 15) is 9.90 Å². The molecule has 0 bridgehead atoms. The van der Waals surface area contributed by atoms with Crippen molar-refractivity contribution in [2.45, 2.75) is 12.3 Å². The van der Waals surface area contributed by atoms with E-state index in [1.54, 1.807) is 12.1 Å². The van der Waals surface area contributed by atoms with E-state index in [4.69, 9.17) is 0 Å². The Morgan fingerprint density at radius 1 is 0.783 bits per heavy atom. The number of ketones is 1. The van der Waals surface area contributed by atoms with Crippen LogP contribution in [0.25, 0.3) is 0 Å². The number of hydrogen-bond acceptors (Lipinski definition) is 2. The van der Waals surface area contributed by atoms with Gasteiger partial charge in [-0.05, 0) is 29.7 Å². The lowest BCUT2D eigenvalue weighted by atomic mass is 9.85. The molecule has 0 aliphatic rings. The standard InChI is InChI=1S/C21H18O2/c22-19-13-11-17(12-14-19)20(15-16-7-3-1-4-8-16)21(23)18-9-5-2-6-10-18/h1-14,20,22H,15H2. The third-order valence-corrected chi connectivity index (χ3v) is 3.95. The summed E-state index contributed by atoms with van der Waals surface area (Å²) in [5.74, 6) is 0.0416. The van der Waals surface area contributed by atoms with Crippen LogP contribution >= 0.6 is 0 Å². The van der Waals surface area contributed by atoms with Gasteiger partial charge in [0.15, 0.2) is 5.78 Å². The smallest absolute Gasteiger partial charge is 0.170 e. The lowest BCUT2D eigenvalue weighted by Gasteiger charge is -2.17.